The SMILES string of the molecule is CC(C)[C@H]1CO/C(=C/C2N[C@@H](C(C)C)CO2)N1. The first-order chi connectivity index (χ1) is 8.06. The van der Waals surface area contributed by atoms with Crippen LogP contribution in [0.4, 0.5) is 0 Å². The lowest BCUT2D eigenvalue weighted by atomic mass is 10.1. The van der Waals surface area contributed by atoms with Gasteiger partial charge in [0.25, 0.3) is 0 Å². The van der Waals surface area contributed by atoms with E-state index in [1.54, 1.807) is 0 Å². The molecule has 2 fully saturated rings. The van der Waals surface area contributed by atoms with Crippen LogP contribution in [0.3, 0.4) is 0 Å². The van der Waals surface area contributed by atoms with Crippen LogP contribution in [0.5, 0.6) is 0 Å². The van der Waals surface area contributed by atoms with Gasteiger partial charge in [-0.05, 0) is 11.8 Å². The van der Waals surface area contributed by atoms with Gasteiger partial charge in [-0.2, -0.15) is 0 Å². The fourth-order valence-electron chi connectivity index (χ4n) is 2.03. The Bertz CT molecular complexity index is 289. The van der Waals surface area contributed by atoms with Gasteiger partial charge in [0.1, 0.15) is 12.8 Å². The largest absolute Gasteiger partial charge is 0.477 e. The maximum Gasteiger partial charge on any atom is 0.186 e. The highest BCUT2D eigenvalue weighted by atomic mass is 16.5. The predicted octanol–water partition coefficient (Wildman–Crippen LogP) is 1.44. The van der Waals surface area contributed by atoms with Crippen LogP contribution in [0.1, 0.15) is 27.7 Å². The Morgan fingerprint density at radius 3 is 2.35 bits per heavy atom. The minimum atomic E-state index is -0.0178. The second kappa shape index (κ2) is 5.27. The summed E-state index contributed by atoms with van der Waals surface area (Å²) in [6.07, 6.45) is 1.99. The van der Waals surface area contributed by atoms with Crippen molar-refractivity contribution in [1.29, 1.82) is 0 Å². The molecule has 0 spiro atoms. The van der Waals surface area contributed by atoms with Crippen molar-refractivity contribution in [3.8, 4) is 0 Å². The molecule has 2 saturated heterocycles. The van der Waals surface area contributed by atoms with Crippen molar-refractivity contribution >= 4 is 0 Å². The Morgan fingerprint density at radius 1 is 1.12 bits per heavy atom. The monoisotopic (exact) mass is 240 g/mol. The molecule has 1 unspecified atom stereocenters. The molecule has 2 N–H and O–H groups in total. The maximum absolute atomic E-state index is 5.68. The quantitative estimate of drug-likeness (QED) is 0.783. The molecule has 0 aromatic rings. The number of rotatable bonds is 3. The number of ether oxygens (including phenoxy) is 2. The van der Waals surface area contributed by atoms with Crippen LogP contribution >= 0.6 is 0 Å². The van der Waals surface area contributed by atoms with E-state index < -0.39 is 0 Å². The van der Waals surface area contributed by atoms with Gasteiger partial charge in [0.05, 0.1) is 12.6 Å². The average molecular weight is 240 g/mol. The van der Waals surface area contributed by atoms with Gasteiger partial charge in [-0.3, -0.25) is 5.32 Å². The molecule has 3 atom stereocenters. The van der Waals surface area contributed by atoms with Gasteiger partial charge in [-0.1, -0.05) is 27.7 Å². The first kappa shape index (κ1) is 12.7. The first-order valence-electron chi connectivity index (χ1n) is 6.55. The van der Waals surface area contributed by atoms with E-state index in [-0.39, 0.29) is 6.23 Å². The fourth-order valence-corrected chi connectivity index (χ4v) is 2.03. The maximum atomic E-state index is 5.68. The van der Waals surface area contributed by atoms with Crippen LogP contribution in [-0.2, 0) is 9.47 Å². The summed E-state index contributed by atoms with van der Waals surface area (Å²) in [6.45, 7) is 10.3. The van der Waals surface area contributed by atoms with E-state index in [0.29, 0.717) is 23.9 Å². The Kier molecular flexibility index (Phi) is 3.94. The lowest BCUT2D eigenvalue weighted by Crippen LogP contribution is -2.34. The molecule has 0 aromatic carbocycles. The Balaban J connectivity index is 1.85. The third kappa shape index (κ3) is 3.13. The van der Waals surface area contributed by atoms with Gasteiger partial charge in [-0.15, -0.1) is 0 Å². The summed E-state index contributed by atoms with van der Waals surface area (Å²) in [4.78, 5) is 0. The van der Waals surface area contributed by atoms with Crippen LogP contribution < -0.4 is 10.6 Å². The lowest BCUT2D eigenvalue weighted by molar-refractivity contribution is 0.129. The van der Waals surface area contributed by atoms with E-state index in [9.17, 15) is 0 Å². The summed E-state index contributed by atoms with van der Waals surface area (Å²) in [5.74, 6) is 2.03. The molecule has 2 aliphatic heterocycles. The highest BCUT2D eigenvalue weighted by Gasteiger charge is 2.28. The fraction of sp³-hybridized carbons (Fsp3) is 0.846. The molecule has 2 heterocycles. The van der Waals surface area contributed by atoms with Crippen LogP contribution in [0.15, 0.2) is 12.0 Å². The second-order valence-electron chi connectivity index (χ2n) is 5.61. The molecule has 0 bridgehead atoms. The van der Waals surface area contributed by atoms with Gasteiger partial charge in [0, 0.05) is 12.1 Å². The van der Waals surface area contributed by atoms with E-state index in [2.05, 4.69) is 38.3 Å². The molecule has 2 rings (SSSR count). The normalized spacial score (nSPS) is 35.6. The van der Waals surface area contributed by atoms with Crippen LogP contribution in [-0.4, -0.2) is 31.5 Å². The first-order valence-corrected chi connectivity index (χ1v) is 6.55. The van der Waals surface area contributed by atoms with Gasteiger partial charge in [-0.25, -0.2) is 0 Å². The van der Waals surface area contributed by atoms with Gasteiger partial charge < -0.3 is 14.8 Å². The summed E-state index contributed by atoms with van der Waals surface area (Å²) < 4.78 is 11.3. The molecule has 0 saturated carbocycles. The highest BCUT2D eigenvalue weighted by molar-refractivity contribution is 5.03. The van der Waals surface area contributed by atoms with Crippen molar-refractivity contribution in [3.05, 3.63) is 12.0 Å². The number of nitrogens with one attached hydrogen (secondary N) is 2. The summed E-state index contributed by atoms with van der Waals surface area (Å²) >= 11 is 0. The molecule has 17 heavy (non-hydrogen) atoms. The van der Waals surface area contributed by atoms with E-state index in [1.807, 2.05) is 6.08 Å². The molecule has 0 aliphatic carbocycles. The van der Waals surface area contributed by atoms with E-state index in [4.69, 9.17) is 9.47 Å². The van der Waals surface area contributed by atoms with Crippen molar-refractivity contribution in [3.63, 3.8) is 0 Å². The summed E-state index contributed by atoms with van der Waals surface area (Å²) in [5, 5.41) is 6.82. The average Bonchev–Trinajstić information content (AvgIpc) is 2.87. The summed E-state index contributed by atoms with van der Waals surface area (Å²) in [7, 11) is 0. The molecule has 2 aliphatic rings. The Labute approximate surface area is 104 Å². The van der Waals surface area contributed by atoms with Crippen molar-refractivity contribution in [2.75, 3.05) is 13.2 Å². The molecule has 0 amide bonds. The minimum absolute atomic E-state index is 0.0178. The standard InChI is InChI=1S/C13H24N2O2/c1-8(2)10-6-16-12(14-10)5-13-15-11(7-17-13)9(3)4/h5,8-12,14-15H,6-7H2,1-4H3/b13-5+/t10-,11-,12?/m1/s1. The summed E-state index contributed by atoms with van der Waals surface area (Å²) in [5.41, 5.74) is 0. The predicted molar refractivity (Wildman–Crippen MR) is 67.3 cm³/mol. The third-order valence-electron chi connectivity index (χ3n) is 3.49. The molecular weight excluding hydrogens is 216 g/mol. The molecule has 0 radical (unpaired) electrons. The van der Waals surface area contributed by atoms with Gasteiger partial charge >= 0.3 is 0 Å². The smallest absolute Gasteiger partial charge is 0.186 e. The van der Waals surface area contributed by atoms with Crippen LogP contribution in [0, 0.1) is 11.8 Å². The Morgan fingerprint density at radius 2 is 1.82 bits per heavy atom. The molecule has 4 heteroatoms. The van der Waals surface area contributed by atoms with Crippen LogP contribution in [0.25, 0.3) is 0 Å². The van der Waals surface area contributed by atoms with E-state index in [0.717, 1.165) is 19.1 Å². The zero-order valence-electron chi connectivity index (χ0n) is 11.2. The topological polar surface area (TPSA) is 42.5 Å². The van der Waals surface area contributed by atoms with Crippen molar-refractivity contribution < 1.29 is 9.47 Å². The van der Waals surface area contributed by atoms with Crippen molar-refractivity contribution in [1.82, 2.24) is 10.6 Å². The van der Waals surface area contributed by atoms with Crippen molar-refractivity contribution in [2.24, 2.45) is 11.8 Å². The molecule has 4 nitrogen and oxygen atoms in total. The minimum Gasteiger partial charge on any atom is -0.477 e. The van der Waals surface area contributed by atoms with E-state index >= 15 is 0 Å². The highest BCUT2D eigenvalue weighted by Crippen LogP contribution is 2.17. The third-order valence-corrected chi connectivity index (χ3v) is 3.49. The molecular formula is C13H24N2O2. The number of hydrogen-bond donors (Lipinski definition) is 2. The zero-order chi connectivity index (χ0) is 12.4. The zero-order valence-corrected chi connectivity index (χ0v) is 11.2. The summed E-state index contributed by atoms with van der Waals surface area (Å²) in [6, 6.07) is 0.864. The van der Waals surface area contributed by atoms with Crippen LogP contribution in [0.2, 0.25) is 0 Å². The Hall–Kier alpha value is -0.740. The lowest BCUT2D eigenvalue weighted by Gasteiger charge is -2.13. The molecule has 98 valence electrons. The van der Waals surface area contributed by atoms with Crippen molar-refractivity contribution in [2.45, 2.75) is 46.0 Å². The van der Waals surface area contributed by atoms with E-state index in [1.165, 1.54) is 0 Å². The van der Waals surface area contributed by atoms with Gasteiger partial charge in [0.15, 0.2) is 5.88 Å². The molecule has 0 aromatic heterocycles. The second-order valence-corrected chi connectivity index (χ2v) is 5.61. The number of hydrogen-bond acceptors (Lipinski definition) is 4. The van der Waals surface area contributed by atoms with Gasteiger partial charge in [0.2, 0.25) is 0 Å².